The molecular formula is C51H51IrN3O-2. The number of aryl methyl sites for hydroxylation is 4. The summed E-state index contributed by atoms with van der Waals surface area (Å²) in [5.74, 6) is 0. The van der Waals surface area contributed by atoms with E-state index in [0.29, 0.717) is 5.41 Å². The first-order valence-corrected chi connectivity index (χ1v) is 19.2. The summed E-state index contributed by atoms with van der Waals surface area (Å²) < 4.78 is 6.42. The predicted octanol–water partition coefficient (Wildman–Crippen LogP) is 13.6. The average molecular weight is 914 g/mol. The van der Waals surface area contributed by atoms with Crippen molar-refractivity contribution in [3.63, 3.8) is 0 Å². The number of pyridine rings is 3. The second kappa shape index (κ2) is 16.3. The largest absolute Gasteiger partial charge is 0.500 e. The van der Waals surface area contributed by atoms with Crippen molar-refractivity contribution in [2.75, 3.05) is 0 Å². The fourth-order valence-electron chi connectivity index (χ4n) is 7.23. The first kappa shape index (κ1) is 40.7. The van der Waals surface area contributed by atoms with Gasteiger partial charge in [0.1, 0.15) is 5.58 Å². The van der Waals surface area contributed by atoms with Crippen LogP contribution >= 0.6 is 0 Å². The smallest absolute Gasteiger partial charge is 0.128 e. The summed E-state index contributed by atoms with van der Waals surface area (Å²) in [6, 6.07) is 34.6. The molecular weight excluding hydrogens is 863 g/mol. The van der Waals surface area contributed by atoms with E-state index in [9.17, 15) is 0 Å². The van der Waals surface area contributed by atoms with Crippen LogP contribution < -0.4 is 0 Å². The van der Waals surface area contributed by atoms with Crippen LogP contribution in [0.25, 0.3) is 66.4 Å². The second-order valence-electron chi connectivity index (χ2n) is 17.5. The number of aromatic nitrogens is 3. The SMILES string of the molecule is Cc1cnc(-c2[c-]cc(C)c(-c3ccc(CC(C)(C)C)cc3)c2)cc1C.Cc1cnc(-c2[c-]ccc3c2oc2c4ccncc4ccc32)cc1CC(C)(C)C.[Ir]. The summed E-state index contributed by atoms with van der Waals surface area (Å²) in [7, 11) is 0. The Hall–Kier alpha value is -4.96. The molecule has 8 rings (SSSR count). The molecule has 1 radical (unpaired) electrons. The van der Waals surface area contributed by atoms with Gasteiger partial charge >= 0.3 is 0 Å². The van der Waals surface area contributed by atoms with Crippen LogP contribution in [0.3, 0.4) is 0 Å². The first-order valence-electron chi connectivity index (χ1n) is 19.2. The number of nitrogens with zero attached hydrogens (tertiary/aromatic N) is 3. The molecule has 0 unspecified atom stereocenters. The molecule has 0 aliphatic rings. The van der Waals surface area contributed by atoms with Crippen molar-refractivity contribution in [1.82, 2.24) is 15.0 Å². The first-order chi connectivity index (χ1) is 26.1. The van der Waals surface area contributed by atoms with Crippen LogP contribution in [0.1, 0.15) is 74.9 Å². The van der Waals surface area contributed by atoms with Gasteiger partial charge in [0, 0.05) is 61.1 Å². The monoisotopic (exact) mass is 914 g/mol. The quantitative estimate of drug-likeness (QED) is 0.161. The van der Waals surface area contributed by atoms with Crippen LogP contribution in [-0.4, -0.2) is 15.0 Å². The fourth-order valence-corrected chi connectivity index (χ4v) is 7.23. The Morgan fingerprint density at radius 2 is 1.30 bits per heavy atom. The molecule has 0 spiro atoms. The van der Waals surface area contributed by atoms with Gasteiger partial charge in [-0.1, -0.05) is 125 Å². The van der Waals surface area contributed by atoms with E-state index in [4.69, 9.17) is 9.40 Å². The summed E-state index contributed by atoms with van der Waals surface area (Å²) >= 11 is 0. The van der Waals surface area contributed by atoms with Gasteiger partial charge in [-0.2, -0.15) is 0 Å². The normalized spacial score (nSPS) is 11.8. The molecule has 0 bridgehead atoms. The molecule has 0 saturated carbocycles. The molecule has 0 atom stereocenters. The maximum Gasteiger partial charge on any atom is 0.128 e. The van der Waals surface area contributed by atoms with Gasteiger partial charge in [0.25, 0.3) is 0 Å². The van der Waals surface area contributed by atoms with Gasteiger partial charge in [-0.15, -0.1) is 47.5 Å². The van der Waals surface area contributed by atoms with Crippen LogP contribution in [0, 0.1) is 50.7 Å². The van der Waals surface area contributed by atoms with Crippen LogP contribution in [-0.2, 0) is 32.9 Å². The maximum absolute atomic E-state index is 6.42. The van der Waals surface area contributed by atoms with E-state index < -0.39 is 0 Å². The molecule has 0 aliphatic carbocycles. The molecule has 0 fully saturated rings. The molecule has 287 valence electrons. The summed E-state index contributed by atoms with van der Waals surface area (Å²) in [5, 5.41) is 4.35. The Kier molecular flexibility index (Phi) is 11.8. The topological polar surface area (TPSA) is 51.8 Å². The number of hydrogen-bond acceptors (Lipinski definition) is 4. The summed E-state index contributed by atoms with van der Waals surface area (Å²) in [5.41, 5.74) is 16.2. The van der Waals surface area contributed by atoms with E-state index in [1.165, 1.54) is 44.5 Å². The Morgan fingerprint density at radius 3 is 2.02 bits per heavy atom. The molecule has 56 heavy (non-hydrogen) atoms. The molecule has 8 aromatic rings. The van der Waals surface area contributed by atoms with E-state index in [1.807, 2.05) is 36.9 Å². The van der Waals surface area contributed by atoms with Crippen molar-refractivity contribution < 1.29 is 24.5 Å². The summed E-state index contributed by atoms with van der Waals surface area (Å²) in [6.45, 7) is 22.1. The van der Waals surface area contributed by atoms with Gasteiger partial charge in [-0.25, -0.2) is 0 Å². The molecule has 4 aromatic carbocycles. The maximum atomic E-state index is 6.42. The number of fused-ring (bicyclic) bond motifs is 5. The molecule has 0 amide bonds. The van der Waals surface area contributed by atoms with Gasteiger partial charge < -0.3 is 14.4 Å². The summed E-state index contributed by atoms with van der Waals surface area (Å²) in [4.78, 5) is 13.5. The van der Waals surface area contributed by atoms with E-state index in [0.717, 1.165) is 68.1 Å². The molecule has 0 saturated heterocycles. The van der Waals surface area contributed by atoms with E-state index in [-0.39, 0.29) is 25.5 Å². The minimum absolute atomic E-state index is 0. The molecule has 4 nitrogen and oxygen atoms in total. The van der Waals surface area contributed by atoms with Crippen LogP contribution in [0.5, 0.6) is 0 Å². The van der Waals surface area contributed by atoms with Crippen molar-refractivity contribution >= 4 is 32.7 Å². The average Bonchev–Trinajstić information content (AvgIpc) is 3.53. The molecule has 0 aliphatic heterocycles. The number of benzene rings is 4. The molecule has 5 heteroatoms. The Bertz CT molecular complexity index is 2660. The Balaban J connectivity index is 0.000000188. The van der Waals surface area contributed by atoms with Crippen LogP contribution in [0.2, 0.25) is 0 Å². The molecule has 4 aromatic heterocycles. The van der Waals surface area contributed by atoms with Crippen molar-refractivity contribution in [3.05, 3.63) is 149 Å². The van der Waals surface area contributed by atoms with Crippen molar-refractivity contribution in [2.24, 2.45) is 10.8 Å². The van der Waals surface area contributed by atoms with Gasteiger partial charge in [0.15, 0.2) is 0 Å². The van der Waals surface area contributed by atoms with E-state index in [2.05, 4.69) is 158 Å². The predicted molar refractivity (Wildman–Crippen MR) is 230 cm³/mol. The third-order valence-electron chi connectivity index (χ3n) is 10.2. The third-order valence-corrected chi connectivity index (χ3v) is 10.2. The zero-order valence-electron chi connectivity index (χ0n) is 34.3. The van der Waals surface area contributed by atoms with E-state index in [1.54, 1.807) is 0 Å². The molecule has 4 heterocycles. The van der Waals surface area contributed by atoms with Gasteiger partial charge in [-0.3, -0.25) is 4.98 Å². The zero-order chi connectivity index (χ0) is 39.1. The van der Waals surface area contributed by atoms with Crippen molar-refractivity contribution in [1.29, 1.82) is 0 Å². The molecule has 0 N–H and O–H groups in total. The number of rotatable bonds is 5. The van der Waals surface area contributed by atoms with Gasteiger partial charge in [0.05, 0.1) is 5.58 Å². The van der Waals surface area contributed by atoms with Crippen LogP contribution in [0.15, 0.2) is 108 Å². The standard InChI is InChI=1S/C26H23N2O.C25H28N.Ir/c1-16-14-28-23(12-18(16)13-26(2,3)4)22-7-5-6-20-21-9-8-17-15-27-11-10-19(17)24(21)29-25(20)22;1-17-7-10-22(24-13-18(2)19(3)16-26-24)14-23(17)21-11-8-20(9-12-21)15-25(4,5)6;/h5-6,8-12,14-15H,13H2,1-4H3;7-9,11-14,16H,15H2,1-6H3;/q2*-1;. The number of furan rings is 1. The van der Waals surface area contributed by atoms with Crippen molar-refractivity contribution in [3.8, 4) is 33.6 Å². The van der Waals surface area contributed by atoms with Gasteiger partial charge in [-0.05, 0) is 84.2 Å². The minimum atomic E-state index is 0. The zero-order valence-corrected chi connectivity index (χ0v) is 36.7. The van der Waals surface area contributed by atoms with Crippen molar-refractivity contribution in [2.45, 2.75) is 82.1 Å². The van der Waals surface area contributed by atoms with Gasteiger partial charge in [0.2, 0.25) is 0 Å². The van der Waals surface area contributed by atoms with E-state index >= 15 is 0 Å². The Labute approximate surface area is 346 Å². The third kappa shape index (κ3) is 9.02. The van der Waals surface area contributed by atoms with Crippen LogP contribution in [0.4, 0.5) is 0 Å². The second-order valence-corrected chi connectivity index (χ2v) is 17.5. The number of hydrogen-bond donors (Lipinski definition) is 0. The summed E-state index contributed by atoms with van der Waals surface area (Å²) in [6.07, 6.45) is 9.68. The minimum Gasteiger partial charge on any atom is -0.500 e. The Morgan fingerprint density at radius 1 is 0.607 bits per heavy atom. The fraction of sp³-hybridized carbons (Fsp3) is 0.275.